The van der Waals surface area contributed by atoms with E-state index in [1.807, 2.05) is 61.3 Å². The first-order valence-electron chi connectivity index (χ1n) is 9.02. The zero-order valence-electron chi connectivity index (χ0n) is 16.3. The van der Waals surface area contributed by atoms with E-state index in [0.717, 1.165) is 31.3 Å². The molecule has 0 radical (unpaired) electrons. The number of benzene rings is 1. The van der Waals surface area contributed by atoms with Gasteiger partial charge in [-0.25, -0.2) is 4.57 Å². The number of thioether (sulfide) groups is 1. The lowest BCUT2D eigenvalue weighted by Crippen LogP contribution is -2.34. The van der Waals surface area contributed by atoms with Gasteiger partial charge in [0.1, 0.15) is 21.3 Å². The summed E-state index contributed by atoms with van der Waals surface area (Å²) in [6.07, 6.45) is 4.09. The van der Waals surface area contributed by atoms with Crippen LogP contribution < -0.4 is 19.3 Å². The Balaban J connectivity index is 2.04. The monoisotopic (exact) mass is 408 g/mol. The molecule has 6 heteroatoms. The molecule has 4 nitrogen and oxygen atoms in total. The molecule has 0 fully saturated rings. The second kappa shape index (κ2) is 7.45. The average Bonchev–Trinajstić information content (AvgIpc) is 3.17. The van der Waals surface area contributed by atoms with Crippen LogP contribution in [-0.4, -0.2) is 16.5 Å². The zero-order chi connectivity index (χ0) is 19.8. The molecule has 142 valence electrons. The Morgan fingerprint density at radius 3 is 2.46 bits per heavy atom. The Bertz CT molecular complexity index is 1250. The zero-order valence-corrected chi connectivity index (χ0v) is 18.0. The standard InChI is InChI=1S/C22H22N3OS2/c1-15-8-10-17(11-9-15)25-19(13-18-7-5-6-12-23(18)3)28-20(21(25)26)22-24(4)16(2)14-27-22/h5-14H,1-4H3/q+1/b22-20+. The van der Waals surface area contributed by atoms with Crippen molar-refractivity contribution in [1.29, 1.82) is 0 Å². The topological polar surface area (TPSA) is 29.1 Å². The maximum atomic E-state index is 13.5. The Hall–Kier alpha value is -2.57. The number of hydrogen-bond acceptors (Lipinski definition) is 4. The van der Waals surface area contributed by atoms with Gasteiger partial charge in [-0.1, -0.05) is 29.5 Å². The SMILES string of the molecule is CC1=CS/C(=c2/s/c(=C\c3cccc[n+]3C)n(-c3ccc(C)cc3)c2=O)N1C. The molecule has 0 bridgehead atoms. The fraction of sp³-hybridized carbons (Fsp3) is 0.182. The van der Waals surface area contributed by atoms with Crippen molar-refractivity contribution in [2.45, 2.75) is 13.8 Å². The molecule has 1 aliphatic rings. The summed E-state index contributed by atoms with van der Waals surface area (Å²) in [6, 6.07) is 14.2. The fourth-order valence-electron chi connectivity index (χ4n) is 3.04. The van der Waals surface area contributed by atoms with Gasteiger partial charge < -0.3 is 4.90 Å². The molecule has 1 aromatic carbocycles. The Morgan fingerprint density at radius 1 is 1.07 bits per heavy atom. The van der Waals surface area contributed by atoms with E-state index in [9.17, 15) is 4.79 Å². The number of aromatic nitrogens is 2. The number of rotatable bonds is 2. The van der Waals surface area contributed by atoms with Gasteiger partial charge >= 0.3 is 0 Å². The molecule has 0 spiro atoms. The van der Waals surface area contributed by atoms with Crippen LogP contribution in [0, 0.1) is 6.92 Å². The maximum absolute atomic E-state index is 13.5. The summed E-state index contributed by atoms with van der Waals surface area (Å²) in [5, 5.41) is 3.08. The van der Waals surface area contributed by atoms with E-state index in [-0.39, 0.29) is 5.56 Å². The summed E-state index contributed by atoms with van der Waals surface area (Å²) in [7, 11) is 4.02. The van der Waals surface area contributed by atoms with E-state index in [0.29, 0.717) is 0 Å². The molecule has 0 saturated heterocycles. The van der Waals surface area contributed by atoms with E-state index >= 15 is 0 Å². The molecule has 0 aliphatic carbocycles. The molecule has 4 rings (SSSR count). The van der Waals surface area contributed by atoms with Crippen LogP contribution >= 0.6 is 23.1 Å². The molecule has 1 aliphatic heterocycles. The van der Waals surface area contributed by atoms with E-state index in [2.05, 4.69) is 40.9 Å². The Kier molecular flexibility index (Phi) is 5.00. The van der Waals surface area contributed by atoms with Crippen molar-refractivity contribution in [1.82, 2.24) is 9.47 Å². The molecule has 28 heavy (non-hydrogen) atoms. The van der Waals surface area contributed by atoms with Crippen LogP contribution in [0.3, 0.4) is 0 Å². The lowest BCUT2D eigenvalue weighted by Gasteiger charge is -2.12. The molecule has 0 amide bonds. The molecule has 3 aromatic rings. The van der Waals surface area contributed by atoms with Crippen LogP contribution in [0.5, 0.6) is 0 Å². The van der Waals surface area contributed by atoms with Gasteiger partial charge in [-0.3, -0.25) is 9.36 Å². The van der Waals surface area contributed by atoms with Gasteiger partial charge in [-0.2, -0.15) is 0 Å². The summed E-state index contributed by atoms with van der Waals surface area (Å²) in [6.45, 7) is 4.11. The van der Waals surface area contributed by atoms with Gasteiger partial charge in [0.25, 0.3) is 5.56 Å². The third kappa shape index (κ3) is 3.34. The molecule has 0 unspecified atom stereocenters. The third-order valence-corrected chi connectivity index (χ3v) is 7.22. The van der Waals surface area contributed by atoms with Crippen LogP contribution in [0.2, 0.25) is 0 Å². The van der Waals surface area contributed by atoms with Crippen LogP contribution in [0.4, 0.5) is 0 Å². The quantitative estimate of drug-likeness (QED) is 0.610. The van der Waals surface area contributed by atoms with E-state index in [1.54, 1.807) is 23.1 Å². The summed E-state index contributed by atoms with van der Waals surface area (Å²) >= 11 is 3.15. The van der Waals surface area contributed by atoms with Gasteiger partial charge in [-0.05, 0) is 37.5 Å². The number of thiazole rings is 1. The highest BCUT2D eigenvalue weighted by atomic mass is 32.2. The smallest absolute Gasteiger partial charge is 0.276 e. The minimum Gasteiger partial charge on any atom is -0.341 e. The molecule has 2 aromatic heterocycles. The van der Waals surface area contributed by atoms with Crippen molar-refractivity contribution >= 4 is 34.2 Å². The van der Waals surface area contributed by atoms with Crippen LogP contribution in [-0.2, 0) is 7.05 Å². The van der Waals surface area contributed by atoms with Gasteiger partial charge in [-0.15, -0.1) is 11.3 Å². The minimum atomic E-state index is 0.0242. The predicted molar refractivity (Wildman–Crippen MR) is 118 cm³/mol. The normalized spacial score (nSPS) is 16.6. The number of hydrogen-bond donors (Lipinski definition) is 0. The number of nitrogens with zero attached hydrogens (tertiary/aromatic N) is 3. The van der Waals surface area contributed by atoms with Crippen LogP contribution in [0.25, 0.3) is 16.8 Å². The van der Waals surface area contributed by atoms with Crippen molar-refractivity contribution in [3.05, 3.63) is 90.6 Å². The van der Waals surface area contributed by atoms with E-state index in [4.69, 9.17) is 0 Å². The predicted octanol–water partition coefficient (Wildman–Crippen LogP) is 2.47. The highest BCUT2D eigenvalue weighted by Gasteiger charge is 2.19. The summed E-state index contributed by atoms with van der Waals surface area (Å²) in [5.74, 6) is 0. The molecule has 0 saturated carbocycles. The highest BCUT2D eigenvalue weighted by Crippen LogP contribution is 2.32. The average molecular weight is 409 g/mol. The molecule has 0 atom stereocenters. The first-order valence-corrected chi connectivity index (χ1v) is 10.7. The van der Waals surface area contributed by atoms with Crippen LogP contribution in [0.1, 0.15) is 18.2 Å². The summed E-state index contributed by atoms with van der Waals surface area (Å²) in [5.41, 5.74) is 4.28. The molecule has 0 N–H and O–H groups in total. The molecule has 3 heterocycles. The van der Waals surface area contributed by atoms with E-state index < -0.39 is 0 Å². The fourth-order valence-corrected chi connectivity index (χ4v) is 5.32. The van der Waals surface area contributed by atoms with Gasteiger partial charge in [0.15, 0.2) is 6.20 Å². The van der Waals surface area contributed by atoms with Crippen LogP contribution in [0.15, 0.2) is 64.6 Å². The number of aryl methyl sites for hydroxylation is 2. The van der Waals surface area contributed by atoms with Crippen molar-refractivity contribution < 1.29 is 4.57 Å². The van der Waals surface area contributed by atoms with Crippen molar-refractivity contribution in [2.24, 2.45) is 7.05 Å². The third-order valence-electron chi connectivity index (χ3n) is 4.85. The lowest BCUT2D eigenvalue weighted by atomic mass is 10.2. The van der Waals surface area contributed by atoms with Gasteiger partial charge in [0, 0.05) is 31.0 Å². The minimum absolute atomic E-state index is 0.0242. The van der Waals surface area contributed by atoms with Crippen molar-refractivity contribution in [3.63, 3.8) is 0 Å². The van der Waals surface area contributed by atoms with Gasteiger partial charge in [0.05, 0.1) is 5.69 Å². The van der Waals surface area contributed by atoms with Gasteiger partial charge in [0.2, 0.25) is 5.69 Å². The number of pyridine rings is 1. The Morgan fingerprint density at radius 2 is 1.82 bits per heavy atom. The van der Waals surface area contributed by atoms with Crippen molar-refractivity contribution in [2.75, 3.05) is 7.05 Å². The second-order valence-corrected chi connectivity index (χ2v) is 8.76. The highest BCUT2D eigenvalue weighted by molar-refractivity contribution is 8.10. The molecular weight excluding hydrogens is 386 g/mol. The van der Waals surface area contributed by atoms with E-state index in [1.165, 1.54) is 5.56 Å². The summed E-state index contributed by atoms with van der Waals surface area (Å²) in [4.78, 5) is 15.5. The summed E-state index contributed by atoms with van der Waals surface area (Å²) < 4.78 is 5.56. The molecular formula is C22H22N3OS2+. The van der Waals surface area contributed by atoms with Crippen molar-refractivity contribution in [3.8, 4) is 5.69 Å². The maximum Gasteiger partial charge on any atom is 0.276 e. The largest absolute Gasteiger partial charge is 0.341 e. The number of allylic oxidation sites excluding steroid dienone is 1. The second-order valence-electron chi connectivity index (χ2n) is 6.87. The Labute approximate surface area is 172 Å². The lowest BCUT2D eigenvalue weighted by molar-refractivity contribution is -0.673. The first kappa shape index (κ1) is 18.8. The first-order chi connectivity index (χ1) is 13.5.